The average Bonchev–Trinajstić information content (AvgIpc) is 3.45. The van der Waals surface area contributed by atoms with Crippen LogP contribution in [0.4, 0.5) is 5.69 Å². The molecule has 3 heterocycles. The predicted molar refractivity (Wildman–Crippen MR) is 121 cm³/mol. The zero-order valence-electron chi connectivity index (χ0n) is 16.9. The van der Waals surface area contributed by atoms with Gasteiger partial charge in [-0.2, -0.15) is 0 Å². The van der Waals surface area contributed by atoms with Gasteiger partial charge in [-0.1, -0.05) is 54.2 Å². The van der Waals surface area contributed by atoms with Gasteiger partial charge in [0.05, 0.1) is 17.5 Å². The number of fused-ring (bicyclic) bond motifs is 3. The van der Waals surface area contributed by atoms with Crippen LogP contribution in [-0.2, 0) is 14.3 Å². The number of hydrogen-bond acceptors (Lipinski definition) is 6. The Kier molecular flexibility index (Phi) is 5.57. The second kappa shape index (κ2) is 8.64. The number of ether oxygens (including phenoxy) is 1. The maximum atomic E-state index is 13.3. The van der Waals surface area contributed by atoms with Gasteiger partial charge < -0.3 is 10.1 Å². The highest BCUT2D eigenvalue weighted by atomic mass is 32.2. The monoisotopic (exact) mass is 434 g/mol. The summed E-state index contributed by atoms with van der Waals surface area (Å²) in [5.41, 5.74) is 2.41. The SMILES string of the molecule is O=C(CSC1=Nc2ccccc2C2=N[C@@H](c3ccccc3)C(=O)N12)NC[C@H]1CCCO1. The van der Waals surface area contributed by atoms with E-state index in [-0.39, 0.29) is 23.7 Å². The first-order valence-electron chi connectivity index (χ1n) is 10.4. The average molecular weight is 435 g/mol. The third-order valence-corrected chi connectivity index (χ3v) is 6.41. The minimum absolute atomic E-state index is 0.0957. The van der Waals surface area contributed by atoms with E-state index in [1.807, 2.05) is 54.6 Å². The smallest absolute Gasteiger partial charge is 0.263 e. The van der Waals surface area contributed by atoms with Crippen LogP contribution in [-0.4, -0.2) is 52.7 Å². The Morgan fingerprint density at radius 2 is 1.97 bits per heavy atom. The Hall–Kier alpha value is -2.97. The molecule has 0 radical (unpaired) electrons. The van der Waals surface area contributed by atoms with E-state index in [4.69, 9.17) is 9.73 Å². The van der Waals surface area contributed by atoms with Crippen molar-refractivity contribution < 1.29 is 14.3 Å². The molecule has 7 nitrogen and oxygen atoms in total. The number of thioether (sulfide) groups is 1. The summed E-state index contributed by atoms with van der Waals surface area (Å²) >= 11 is 1.25. The van der Waals surface area contributed by atoms with Gasteiger partial charge in [0.25, 0.3) is 5.91 Å². The molecule has 8 heteroatoms. The van der Waals surface area contributed by atoms with Crippen molar-refractivity contribution in [2.45, 2.75) is 25.0 Å². The molecule has 158 valence electrons. The van der Waals surface area contributed by atoms with Crippen LogP contribution >= 0.6 is 11.8 Å². The lowest BCUT2D eigenvalue weighted by Gasteiger charge is -2.25. The summed E-state index contributed by atoms with van der Waals surface area (Å²) in [6, 6.07) is 16.5. The van der Waals surface area contributed by atoms with E-state index in [1.165, 1.54) is 11.8 Å². The fourth-order valence-electron chi connectivity index (χ4n) is 3.91. The number of hydrogen-bond donors (Lipinski definition) is 1. The molecule has 0 aromatic heterocycles. The lowest BCUT2D eigenvalue weighted by molar-refractivity contribution is -0.124. The van der Waals surface area contributed by atoms with Gasteiger partial charge in [-0.15, -0.1) is 0 Å². The summed E-state index contributed by atoms with van der Waals surface area (Å²) in [5.74, 6) is 0.501. The van der Waals surface area contributed by atoms with Crippen molar-refractivity contribution in [3.63, 3.8) is 0 Å². The molecular weight excluding hydrogens is 412 g/mol. The predicted octanol–water partition coefficient (Wildman–Crippen LogP) is 3.05. The van der Waals surface area contributed by atoms with Crippen LogP contribution in [0.3, 0.4) is 0 Å². The maximum Gasteiger partial charge on any atom is 0.263 e. The largest absolute Gasteiger partial charge is 0.376 e. The third kappa shape index (κ3) is 4.00. The molecule has 5 rings (SSSR count). The minimum Gasteiger partial charge on any atom is -0.376 e. The first-order chi connectivity index (χ1) is 15.2. The number of rotatable bonds is 5. The number of amides is 2. The van der Waals surface area contributed by atoms with Gasteiger partial charge in [-0.3, -0.25) is 9.59 Å². The first-order valence-corrected chi connectivity index (χ1v) is 11.3. The maximum absolute atomic E-state index is 13.3. The lowest BCUT2D eigenvalue weighted by Crippen LogP contribution is -2.40. The minimum atomic E-state index is -0.610. The molecule has 0 spiro atoms. The molecule has 2 amide bonds. The van der Waals surface area contributed by atoms with Crippen molar-refractivity contribution in [1.82, 2.24) is 10.2 Å². The summed E-state index contributed by atoms with van der Waals surface area (Å²) < 4.78 is 5.55. The fraction of sp³-hybridized carbons (Fsp3) is 0.304. The molecule has 2 aromatic rings. The van der Waals surface area contributed by atoms with E-state index < -0.39 is 6.04 Å². The summed E-state index contributed by atoms with van der Waals surface area (Å²) in [6.45, 7) is 1.27. The normalized spacial score (nSPS) is 21.9. The quantitative estimate of drug-likeness (QED) is 0.784. The van der Waals surface area contributed by atoms with Crippen LogP contribution in [0, 0.1) is 0 Å². The highest BCUT2D eigenvalue weighted by Gasteiger charge is 2.42. The topological polar surface area (TPSA) is 83.4 Å². The molecular formula is C23H22N4O3S. The molecule has 1 N–H and O–H groups in total. The molecule has 1 fully saturated rings. The molecule has 0 saturated carbocycles. The number of nitrogens with one attached hydrogen (secondary N) is 1. The second-order valence-electron chi connectivity index (χ2n) is 7.58. The van der Waals surface area contributed by atoms with Gasteiger partial charge in [0, 0.05) is 18.7 Å². The first kappa shape index (κ1) is 20.0. The number of para-hydroxylation sites is 1. The molecule has 2 aromatic carbocycles. The van der Waals surface area contributed by atoms with E-state index in [0.717, 1.165) is 36.3 Å². The Morgan fingerprint density at radius 3 is 2.77 bits per heavy atom. The summed E-state index contributed by atoms with van der Waals surface area (Å²) in [7, 11) is 0. The van der Waals surface area contributed by atoms with Crippen molar-refractivity contribution in [3.8, 4) is 0 Å². The van der Waals surface area contributed by atoms with Crippen LogP contribution in [0.2, 0.25) is 0 Å². The van der Waals surface area contributed by atoms with E-state index in [1.54, 1.807) is 4.90 Å². The van der Waals surface area contributed by atoms with Gasteiger partial charge in [-0.05, 0) is 30.5 Å². The Labute approximate surface area is 184 Å². The van der Waals surface area contributed by atoms with Crippen LogP contribution in [0.5, 0.6) is 0 Å². The van der Waals surface area contributed by atoms with E-state index in [9.17, 15) is 9.59 Å². The van der Waals surface area contributed by atoms with Crippen molar-refractivity contribution in [2.24, 2.45) is 9.98 Å². The summed E-state index contributed by atoms with van der Waals surface area (Å²) in [6.07, 6.45) is 2.10. The highest BCUT2D eigenvalue weighted by Crippen LogP contribution is 2.37. The highest BCUT2D eigenvalue weighted by molar-refractivity contribution is 8.14. The van der Waals surface area contributed by atoms with Gasteiger partial charge in [-0.25, -0.2) is 14.9 Å². The Morgan fingerprint density at radius 1 is 1.16 bits per heavy atom. The summed E-state index contributed by atoms with van der Waals surface area (Å²) in [5, 5.41) is 3.40. The Balaban J connectivity index is 1.35. The molecule has 0 bridgehead atoms. The molecule has 31 heavy (non-hydrogen) atoms. The van der Waals surface area contributed by atoms with Gasteiger partial charge in [0.2, 0.25) is 5.91 Å². The van der Waals surface area contributed by atoms with Crippen molar-refractivity contribution >= 4 is 40.3 Å². The number of aliphatic imine (C=N–C) groups is 2. The molecule has 3 aliphatic heterocycles. The zero-order chi connectivity index (χ0) is 21.2. The second-order valence-corrected chi connectivity index (χ2v) is 8.52. The van der Waals surface area contributed by atoms with Gasteiger partial charge >= 0.3 is 0 Å². The number of carbonyl (C=O) groups excluding carboxylic acids is 2. The van der Waals surface area contributed by atoms with Crippen molar-refractivity contribution in [3.05, 3.63) is 65.7 Å². The molecule has 0 unspecified atom stereocenters. The number of nitrogens with zero attached hydrogens (tertiary/aromatic N) is 3. The van der Waals surface area contributed by atoms with E-state index in [0.29, 0.717) is 17.5 Å². The third-order valence-electron chi connectivity index (χ3n) is 5.47. The number of carbonyl (C=O) groups is 2. The molecule has 1 saturated heterocycles. The van der Waals surface area contributed by atoms with Crippen LogP contribution < -0.4 is 5.32 Å². The lowest BCUT2D eigenvalue weighted by atomic mass is 10.1. The molecule has 3 aliphatic rings. The van der Waals surface area contributed by atoms with E-state index in [2.05, 4.69) is 10.3 Å². The Bertz CT molecular complexity index is 1060. The van der Waals surface area contributed by atoms with Crippen LogP contribution in [0.1, 0.15) is 30.0 Å². The van der Waals surface area contributed by atoms with Gasteiger partial charge in [0.1, 0.15) is 5.84 Å². The fourth-order valence-corrected chi connectivity index (χ4v) is 4.74. The summed E-state index contributed by atoms with van der Waals surface area (Å²) in [4.78, 5) is 36.7. The zero-order valence-corrected chi connectivity index (χ0v) is 17.7. The molecule has 0 aliphatic carbocycles. The van der Waals surface area contributed by atoms with Gasteiger partial charge in [0.15, 0.2) is 11.2 Å². The van der Waals surface area contributed by atoms with Crippen molar-refractivity contribution in [1.29, 1.82) is 0 Å². The van der Waals surface area contributed by atoms with E-state index >= 15 is 0 Å². The van der Waals surface area contributed by atoms with Crippen molar-refractivity contribution in [2.75, 3.05) is 18.9 Å². The number of benzene rings is 2. The standard InChI is InChI=1S/C23H22N4O3S/c28-19(24-13-16-9-6-12-30-16)14-31-23-25-18-11-5-4-10-17(18)21-26-20(22(29)27(21)23)15-7-2-1-3-8-15/h1-5,7-8,10-11,16,20H,6,9,12-14H2,(H,24,28)/t16-,20+/m1/s1. The van der Waals surface area contributed by atoms with Crippen LogP contribution in [0.25, 0.3) is 0 Å². The van der Waals surface area contributed by atoms with Crippen LogP contribution in [0.15, 0.2) is 64.6 Å². The molecule has 2 atom stereocenters. The number of amidine groups is 2.